The van der Waals surface area contributed by atoms with Gasteiger partial charge in [-0.15, -0.1) is 0 Å². The Morgan fingerprint density at radius 2 is 1.62 bits per heavy atom. The zero-order valence-electron chi connectivity index (χ0n) is 21.5. The maximum atomic E-state index is 14.0. The maximum absolute atomic E-state index is 14.0. The van der Waals surface area contributed by atoms with Gasteiger partial charge >= 0.3 is 18.0 Å². The Morgan fingerprint density at radius 1 is 0.949 bits per heavy atom. The molecule has 2 N–H and O–H groups in total. The summed E-state index contributed by atoms with van der Waals surface area (Å²) in [6, 6.07) is 18.9. The van der Waals surface area contributed by atoms with E-state index in [4.69, 9.17) is 5.11 Å². The number of nitrogens with one attached hydrogen (secondary N) is 1. The number of aryl methyl sites for hydroxylation is 1. The molecule has 2 aliphatic rings. The first-order valence-corrected chi connectivity index (χ1v) is 12.8. The molecule has 0 unspecified atom stereocenters. The molecule has 0 aliphatic carbocycles. The van der Waals surface area contributed by atoms with Crippen molar-refractivity contribution in [2.75, 3.05) is 24.5 Å². The van der Waals surface area contributed by atoms with Crippen molar-refractivity contribution in [1.82, 2.24) is 20.1 Å². The van der Waals surface area contributed by atoms with Crippen LogP contribution in [0.4, 0.5) is 15.3 Å². The van der Waals surface area contributed by atoms with E-state index in [-0.39, 0.29) is 12.8 Å². The average molecular weight is 528 g/mol. The minimum absolute atomic E-state index is 0.225. The summed E-state index contributed by atoms with van der Waals surface area (Å²) in [5, 5.41) is 11.3. The lowest BCUT2D eigenvalue weighted by atomic mass is 9.85. The van der Waals surface area contributed by atoms with E-state index >= 15 is 0 Å². The van der Waals surface area contributed by atoms with Crippen LogP contribution in [0, 0.1) is 6.92 Å². The number of hydrogen-bond donors (Lipinski definition) is 2. The van der Waals surface area contributed by atoms with Gasteiger partial charge in [-0.25, -0.2) is 19.4 Å². The van der Waals surface area contributed by atoms with Gasteiger partial charge in [0.05, 0.1) is 11.4 Å². The largest absolute Gasteiger partial charge is 0.480 e. The minimum Gasteiger partial charge on any atom is -0.480 e. The van der Waals surface area contributed by atoms with Crippen LogP contribution < -0.4 is 10.2 Å². The number of hydrogen-bond acceptors (Lipinski definition) is 6. The Labute approximate surface area is 225 Å². The predicted octanol–water partition coefficient (Wildman–Crippen LogP) is 3.65. The van der Waals surface area contributed by atoms with Crippen LogP contribution in [0.15, 0.2) is 72.9 Å². The van der Waals surface area contributed by atoms with Crippen molar-refractivity contribution in [3.05, 3.63) is 84.2 Å². The first-order chi connectivity index (χ1) is 18.8. The van der Waals surface area contributed by atoms with Crippen LogP contribution in [-0.4, -0.2) is 69.0 Å². The monoisotopic (exact) mass is 527 g/mol. The number of aromatic nitrogens is 1. The predicted molar refractivity (Wildman–Crippen MR) is 144 cm³/mol. The number of rotatable bonds is 6. The van der Waals surface area contributed by atoms with Crippen LogP contribution in [0.1, 0.15) is 24.1 Å². The molecule has 39 heavy (non-hydrogen) atoms. The summed E-state index contributed by atoms with van der Waals surface area (Å²) in [4.78, 5) is 60.4. The molecule has 200 valence electrons. The van der Waals surface area contributed by atoms with E-state index in [1.165, 1.54) is 0 Å². The molecule has 3 heterocycles. The number of carbonyl (C=O) groups is 4. The summed E-state index contributed by atoms with van der Waals surface area (Å²) in [5.74, 6) is -1.73. The number of imide groups is 2. The number of urea groups is 2. The molecule has 3 aromatic rings. The fourth-order valence-corrected chi connectivity index (χ4v) is 5.26. The van der Waals surface area contributed by atoms with Crippen LogP contribution in [0.3, 0.4) is 0 Å². The summed E-state index contributed by atoms with van der Waals surface area (Å²) in [5.41, 5.74) is 2.84. The molecule has 5 amide bonds. The van der Waals surface area contributed by atoms with Crippen molar-refractivity contribution < 1.29 is 24.3 Å². The van der Waals surface area contributed by atoms with Gasteiger partial charge in [-0.2, -0.15) is 0 Å². The van der Waals surface area contributed by atoms with Gasteiger partial charge < -0.3 is 10.4 Å². The lowest BCUT2D eigenvalue weighted by molar-refractivity contribution is -0.135. The molecule has 1 spiro atoms. The molecule has 5 rings (SSSR count). The number of aliphatic carboxylic acids is 1. The number of piperidine rings is 1. The van der Waals surface area contributed by atoms with Crippen LogP contribution in [0.2, 0.25) is 0 Å². The lowest BCUT2D eigenvalue weighted by Crippen LogP contribution is -2.60. The molecule has 1 aromatic heterocycles. The molecule has 2 aromatic carbocycles. The van der Waals surface area contributed by atoms with Gasteiger partial charge in [-0.3, -0.25) is 19.5 Å². The highest BCUT2D eigenvalue weighted by atomic mass is 16.4. The Kier molecular flexibility index (Phi) is 7.12. The minimum atomic E-state index is -1.41. The second kappa shape index (κ2) is 10.7. The first-order valence-electron chi connectivity index (χ1n) is 12.8. The smallest absolute Gasteiger partial charge is 0.340 e. The highest BCUT2D eigenvalue weighted by Gasteiger charge is 2.61. The molecule has 2 aliphatic heterocycles. The first kappa shape index (κ1) is 26.1. The van der Waals surface area contributed by atoms with Gasteiger partial charge in [0.25, 0.3) is 5.91 Å². The number of carboxylic acids is 1. The second-order valence-electron chi connectivity index (χ2n) is 9.80. The summed E-state index contributed by atoms with van der Waals surface area (Å²) in [7, 11) is 0. The van der Waals surface area contributed by atoms with E-state index in [1.54, 1.807) is 18.3 Å². The zero-order chi connectivity index (χ0) is 27.6. The van der Waals surface area contributed by atoms with Crippen LogP contribution in [-0.2, 0) is 16.1 Å². The van der Waals surface area contributed by atoms with Crippen molar-refractivity contribution in [3.63, 3.8) is 0 Å². The molecule has 0 radical (unpaired) electrons. The van der Waals surface area contributed by atoms with Gasteiger partial charge in [0.2, 0.25) is 0 Å². The van der Waals surface area contributed by atoms with Crippen LogP contribution >= 0.6 is 0 Å². The SMILES string of the molecule is Cc1cccnc1CN1CCC2(CC1)C(=O)N(c1ccc(-c3ccccc3)cc1)C(=O)N2C(=O)NCC(=O)O. The van der Waals surface area contributed by atoms with E-state index in [9.17, 15) is 19.2 Å². The van der Waals surface area contributed by atoms with Crippen LogP contribution in [0.5, 0.6) is 0 Å². The third kappa shape index (κ3) is 4.98. The Morgan fingerprint density at radius 3 is 2.26 bits per heavy atom. The van der Waals surface area contributed by atoms with E-state index < -0.39 is 36.0 Å². The highest BCUT2D eigenvalue weighted by molar-refractivity contribution is 6.27. The standard InChI is InChI=1S/C29H29N5O5/c1-20-6-5-15-30-24(20)19-32-16-13-29(14-17-32)26(37)33(28(39)34(29)27(38)31-18-25(35)36)23-11-9-22(10-12-23)21-7-3-2-4-8-21/h2-12,15H,13-14,16-19H2,1H3,(H,31,38)(H,35,36). The normalized spacial score (nSPS) is 17.1. The molecule has 10 nitrogen and oxygen atoms in total. The molecule has 0 saturated carbocycles. The number of nitrogens with zero attached hydrogens (tertiary/aromatic N) is 4. The average Bonchev–Trinajstić information content (AvgIpc) is 3.15. The van der Waals surface area contributed by atoms with Gasteiger partial charge in [-0.05, 0) is 54.7 Å². The topological polar surface area (TPSA) is 123 Å². The van der Waals surface area contributed by atoms with Crippen molar-refractivity contribution in [1.29, 1.82) is 0 Å². The number of benzene rings is 2. The number of carboxylic acid groups (broad SMARTS) is 1. The van der Waals surface area contributed by atoms with Gasteiger partial charge in [0.15, 0.2) is 0 Å². The number of carbonyl (C=O) groups excluding carboxylic acids is 3. The van der Waals surface area contributed by atoms with Crippen LogP contribution in [0.25, 0.3) is 11.1 Å². The van der Waals surface area contributed by atoms with E-state index in [0.29, 0.717) is 25.3 Å². The number of amides is 5. The second-order valence-corrected chi connectivity index (χ2v) is 9.80. The van der Waals surface area contributed by atoms with Gasteiger partial charge in [0.1, 0.15) is 12.1 Å². The van der Waals surface area contributed by atoms with E-state index in [1.807, 2.05) is 61.5 Å². The molecule has 10 heteroatoms. The summed E-state index contributed by atoms with van der Waals surface area (Å²) < 4.78 is 0. The Hall–Kier alpha value is -4.57. The third-order valence-electron chi connectivity index (χ3n) is 7.41. The Bertz CT molecular complexity index is 1400. The molecular weight excluding hydrogens is 498 g/mol. The van der Waals surface area contributed by atoms with Gasteiger partial charge in [-0.1, -0.05) is 48.5 Å². The zero-order valence-corrected chi connectivity index (χ0v) is 21.5. The third-order valence-corrected chi connectivity index (χ3v) is 7.41. The fraction of sp³-hybridized carbons (Fsp3) is 0.276. The summed E-state index contributed by atoms with van der Waals surface area (Å²) in [6.45, 7) is 2.82. The van der Waals surface area contributed by atoms with Crippen molar-refractivity contribution >= 4 is 29.6 Å². The fourth-order valence-electron chi connectivity index (χ4n) is 5.26. The van der Waals surface area contributed by atoms with Crippen molar-refractivity contribution in [3.8, 4) is 11.1 Å². The summed E-state index contributed by atoms with van der Waals surface area (Å²) in [6.07, 6.45) is 2.19. The number of anilines is 1. The molecule has 0 bridgehead atoms. The molecule has 2 saturated heterocycles. The molecular formula is C29H29N5O5. The van der Waals surface area contributed by atoms with E-state index in [2.05, 4.69) is 15.2 Å². The summed E-state index contributed by atoms with van der Waals surface area (Å²) >= 11 is 0. The van der Waals surface area contributed by atoms with Crippen molar-refractivity contribution in [2.45, 2.75) is 31.8 Å². The van der Waals surface area contributed by atoms with E-state index in [0.717, 1.165) is 32.2 Å². The quantitative estimate of drug-likeness (QED) is 0.469. The lowest BCUT2D eigenvalue weighted by Gasteiger charge is -2.41. The number of pyridine rings is 1. The van der Waals surface area contributed by atoms with Crippen molar-refractivity contribution in [2.24, 2.45) is 0 Å². The molecule has 0 atom stereocenters. The number of likely N-dealkylation sites (tertiary alicyclic amines) is 1. The Balaban J connectivity index is 1.42. The molecule has 2 fully saturated rings. The highest BCUT2D eigenvalue weighted by Crippen LogP contribution is 2.40. The van der Waals surface area contributed by atoms with Gasteiger partial charge in [0, 0.05) is 25.8 Å². The maximum Gasteiger partial charge on any atom is 0.340 e.